The average Bonchev–Trinajstić information content (AvgIpc) is 3.13. The molecule has 192 valence electrons. The lowest BCUT2D eigenvalue weighted by molar-refractivity contribution is -0.0348. The zero-order valence-corrected chi connectivity index (χ0v) is 21.9. The van der Waals surface area contributed by atoms with Crippen LogP contribution in [0.15, 0.2) is 36.4 Å². The summed E-state index contributed by atoms with van der Waals surface area (Å²) >= 11 is 0. The highest BCUT2D eigenvalue weighted by Gasteiger charge is 2.42. The Labute approximate surface area is 214 Å². The topological polar surface area (TPSA) is 54.0 Å². The summed E-state index contributed by atoms with van der Waals surface area (Å²) in [4.78, 5) is 17.8. The molecular weight excluding hydrogens is 450 g/mol. The van der Waals surface area contributed by atoms with Gasteiger partial charge in [0.25, 0.3) is 0 Å². The number of piperidine rings is 3. The van der Waals surface area contributed by atoms with E-state index in [9.17, 15) is 4.79 Å². The number of carbonyl (C=O) groups is 1. The maximum Gasteiger partial charge on any atom is 0.407 e. The molecule has 1 amide bonds. The fourth-order valence-corrected chi connectivity index (χ4v) is 6.83. The van der Waals surface area contributed by atoms with Crippen molar-refractivity contribution in [3.63, 3.8) is 0 Å². The standard InChI is InChI=1S/C30H39N3O3/c1-20-16-22(5-7-26(20)33-12-14-35-15-13-33)23-4-6-25-24(17-23)18-30(2,3)28(25)31-29(34)36-27-19-32-10-8-21(27)9-11-32/h4-7,16-17,21,27-28H,8-15,18-19H2,1-3H3,(H,31,34)/t27-,28?/m0/s1. The summed E-state index contributed by atoms with van der Waals surface area (Å²) in [5.41, 5.74) is 7.54. The number of hydrogen-bond acceptors (Lipinski definition) is 5. The van der Waals surface area contributed by atoms with Gasteiger partial charge in [0.2, 0.25) is 0 Å². The van der Waals surface area contributed by atoms with Crippen LogP contribution in [0.3, 0.4) is 0 Å². The van der Waals surface area contributed by atoms with Crippen LogP contribution in [0.2, 0.25) is 0 Å². The van der Waals surface area contributed by atoms with Crippen molar-refractivity contribution >= 4 is 11.8 Å². The van der Waals surface area contributed by atoms with E-state index in [0.717, 1.165) is 65.2 Å². The maximum absolute atomic E-state index is 13.0. The van der Waals surface area contributed by atoms with E-state index in [1.807, 2.05) is 0 Å². The van der Waals surface area contributed by atoms with Crippen molar-refractivity contribution < 1.29 is 14.3 Å². The number of benzene rings is 2. The first-order chi connectivity index (χ1) is 17.4. The third-order valence-corrected chi connectivity index (χ3v) is 8.88. The van der Waals surface area contributed by atoms with E-state index in [1.165, 1.54) is 33.5 Å². The van der Waals surface area contributed by atoms with Gasteiger partial charge in [-0.2, -0.15) is 0 Å². The van der Waals surface area contributed by atoms with E-state index in [0.29, 0.717) is 5.92 Å². The molecule has 5 aliphatic rings. The lowest BCUT2D eigenvalue weighted by Gasteiger charge is -2.44. The molecule has 6 nitrogen and oxygen atoms in total. The predicted molar refractivity (Wildman–Crippen MR) is 142 cm³/mol. The molecule has 4 fully saturated rings. The van der Waals surface area contributed by atoms with Crippen molar-refractivity contribution in [1.82, 2.24) is 10.2 Å². The molecule has 6 heteroatoms. The molecule has 4 heterocycles. The van der Waals surface area contributed by atoms with Gasteiger partial charge < -0.3 is 19.7 Å². The monoisotopic (exact) mass is 489 g/mol. The van der Waals surface area contributed by atoms with Gasteiger partial charge >= 0.3 is 6.09 Å². The minimum Gasteiger partial charge on any atom is -0.445 e. The summed E-state index contributed by atoms with van der Waals surface area (Å²) in [6.07, 6.45) is 2.99. The van der Waals surface area contributed by atoms with Crippen molar-refractivity contribution in [1.29, 1.82) is 0 Å². The summed E-state index contributed by atoms with van der Waals surface area (Å²) in [6.45, 7) is 13.4. The minimum atomic E-state index is -0.266. The van der Waals surface area contributed by atoms with Gasteiger partial charge in [0.1, 0.15) is 6.10 Å². The van der Waals surface area contributed by atoms with Gasteiger partial charge in [0.05, 0.1) is 19.3 Å². The first-order valence-electron chi connectivity index (χ1n) is 13.6. The highest BCUT2D eigenvalue weighted by molar-refractivity contribution is 5.72. The first kappa shape index (κ1) is 23.8. The van der Waals surface area contributed by atoms with Gasteiger partial charge in [-0.05, 0) is 90.6 Å². The zero-order valence-electron chi connectivity index (χ0n) is 21.9. The Kier molecular flexibility index (Phi) is 6.21. The molecule has 0 aromatic heterocycles. The number of fused-ring (bicyclic) bond motifs is 4. The lowest BCUT2D eigenvalue weighted by atomic mass is 9.85. The number of alkyl carbamates (subject to hydrolysis) is 1. The number of anilines is 1. The lowest BCUT2D eigenvalue weighted by Crippen LogP contribution is -2.53. The molecule has 0 spiro atoms. The molecule has 0 radical (unpaired) electrons. The number of aryl methyl sites for hydroxylation is 1. The smallest absolute Gasteiger partial charge is 0.407 e. The number of morpholine rings is 1. The van der Waals surface area contributed by atoms with Crippen LogP contribution < -0.4 is 10.2 Å². The maximum atomic E-state index is 13.0. The Morgan fingerprint density at radius 3 is 2.44 bits per heavy atom. The Balaban J connectivity index is 1.18. The molecule has 7 rings (SSSR count). The van der Waals surface area contributed by atoms with Crippen LogP contribution >= 0.6 is 0 Å². The Hall–Kier alpha value is -2.57. The summed E-state index contributed by atoms with van der Waals surface area (Å²) in [6, 6.07) is 13.5. The number of nitrogens with one attached hydrogen (secondary N) is 1. The van der Waals surface area contributed by atoms with Gasteiger partial charge in [0, 0.05) is 25.3 Å². The van der Waals surface area contributed by atoms with Crippen molar-refractivity contribution in [3.8, 4) is 11.1 Å². The van der Waals surface area contributed by atoms with Crippen LogP contribution in [0.4, 0.5) is 10.5 Å². The summed E-state index contributed by atoms with van der Waals surface area (Å²) in [5.74, 6) is 0.519. The normalized spacial score (nSPS) is 28.6. The second-order valence-corrected chi connectivity index (χ2v) is 11.8. The molecule has 4 saturated heterocycles. The molecule has 2 atom stereocenters. The van der Waals surface area contributed by atoms with E-state index in [2.05, 4.69) is 72.3 Å². The molecule has 0 saturated carbocycles. The summed E-state index contributed by atoms with van der Waals surface area (Å²) < 4.78 is 11.5. The van der Waals surface area contributed by atoms with Crippen LogP contribution in [-0.2, 0) is 15.9 Å². The number of rotatable bonds is 4. The predicted octanol–water partition coefficient (Wildman–Crippen LogP) is 4.94. The van der Waals surface area contributed by atoms with Crippen LogP contribution in [0.25, 0.3) is 11.1 Å². The molecular formula is C30H39N3O3. The van der Waals surface area contributed by atoms with Crippen LogP contribution in [0, 0.1) is 18.3 Å². The largest absolute Gasteiger partial charge is 0.445 e. The molecule has 1 aliphatic carbocycles. The van der Waals surface area contributed by atoms with Crippen molar-refractivity contribution in [2.75, 3.05) is 50.8 Å². The minimum absolute atomic E-state index is 0.0301. The SMILES string of the molecule is Cc1cc(-c2ccc3c(c2)CC(C)(C)C3NC(=O)O[C@H]2CN3CCC2CC3)ccc1N1CCOCC1. The fourth-order valence-electron chi connectivity index (χ4n) is 6.83. The zero-order chi connectivity index (χ0) is 24.9. The summed E-state index contributed by atoms with van der Waals surface area (Å²) in [7, 11) is 0. The second kappa shape index (κ2) is 9.38. The Morgan fingerprint density at radius 1 is 1.03 bits per heavy atom. The Morgan fingerprint density at radius 2 is 1.75 bits per heavy atom. The van der Waals surface area contributed by atoms with E-state index in [-0.39, 0.29) is 23.7 Å². The van der Waals surface area contributed by atoms with E-state index >= 15 is 0 Å². The number of amides is 1. The summed E-state index contributed by atoms with van der Waals surface area (Å²) in [5, 5.41) is 3.25. The van der Waals surface area contributed by atoms with Crippen LogP contribution in [0.1, 0.15) is 49.4 Å². The fraction of sp³-hybridized carbons (Fsp3) is 0.567. The number of ether oxygens (including phenoxy) is 2. The molecule has 4 aliphatic heterocycles. The molecule has 1 unspecified atom stereocenters. The molecule has 1 N–H and O–H groups in total. The Bertz CT molecular complexity index is 1130. The van der Waals surface area contributed by atoms with Gasteiger partial charge in [-0.1, -0.05) is 38.1 Å². The first-order valence-corrected chi connectivity index (χ1v) is 13.6. The average molecular weight is 490 g/mol. The third kappa shape index (κ3) is 4.50. The second-order valence-electron chi connectivity index (χ2n) is 11.8. The van der Waals surface area contributed by atoms with E-state index in [4.69, 9.17) is 9.47 Å². The number of carbonyl (C=O) groups excluding carboxylic acids is 1. The van der Waals surface area contributed by atoms with Crippen molar-refractivity contribution in [3.05, 3.63) is 53.1 Å². The van der Waals surface area contributed by atoms with Gasteiger partial charge in [-0.25, -0.2) is 4.79 Å². The van der Waals surface area contributed by atoms with Gasteiger partial charge in [-0.15, -0.1) is 0 Å². The highest BCUT2D eigenvalue weighted by Crippen LogP contribution is 2.46. The third-order valence-electron chi connectivity index (χ3n) is 8.88. The molecule has 2 aromatic carbocycles. The molecule has 2 aromatic rings. The number of nitrogens with zero attached hydrogens (tertiary/aromatic N) is 2. The quantitative estimate of drug-likeness (QED) is 0.659. The molecule has 36 heavy (non-hydrogen) atoms. The highest BCUT2D eigenvalue weighted by atomic mass is 16.6. The van der Waals surface area contributed by atoms with Gasteiger partial charge in [-0.3, -0.25) is 4.90 Å². The van der Waals surface area contributed by atoms with E-state index < -0.39 is 0 Å². The van der Waals surface area contributed by atoms with Crippen molar-refractivity contribution in [2.45, 2.75) is 52.2 Å². The number of hydrogen-bond donors (Lipinski definition) is 1. The van der Waals surface area contributed by atoms with E-state index in [1.54, 1.807) is 0 Å². The van der Waals surface area contributed by atoms with Crippen LogP contribution in [-0.4, -0.2) is 63.0 Å². The van der Waals surface area contributed by atoms with Gasteiger partial charge in [0.15, 0.2) is 0 Å². The molecule has 2 bridgehead atoms. The van der Waals surface area contributed by atoms with Crippen LogP contribution in [0.5, 0.6) is 0 Å². The van der Waals surface area contributed by atoms with Crippen molar-refractivity contribution in [2.24, 2.45) is 11.3 Å².